The fourth-order valence-corrected chi connectivity index (χ4v) is 2.05. The minimum absolute atomic E-state index is 0.304. The summed E-state index contributed by atoms with van der Waals surface area (Å²) in [6, 6.07) is 14.3. The van der Waals surface area contributed by atoms with Crippen LogP contribution in [0.25, 0.3) is 0 Å². The van der Waals surface area contributed by atoms with Gasteiger partial charge in [-0.25, -0.2) is 4.79 Å². The van der Waals surface area contributed by atoms with Crippen LogP contribution in [0.4, 0.5) is 16.2 Å². The summed E-state index contributed by atoms with van der Waals surface area (Å²) in [7, 11) is 0. The number of amides is 2. The molecule has 0 radical (unpaired) electrons. The highest BCUT2D eigenvalue weighted by molar-refractivity contribution is 7.80. The van der Waals surface area contributed by atoms with Gasteiger partial charge < -0.3 is 15.4 Å². The molecule has 22 heavy (non-hydrogen) atoms. The molecular weight excluding hydrogens is 296 g/mol. The molecule has 2 N–H and O–H groups in total. The molecule has 0 fully saturated rings. The lowest BCUT2D eigenvalue weighted by Gasteiger charge is -2.10. The van der Waals surface area contributed by atoms with Crippen molar-refractivity contribution >= 4 is 30.0 Å². The Morgan fingerprint density at radius 2 is 1.82 bits per heavy atom. The number of hydrogen-bond donors (Lipinski definition) is 3. The summed E-state index contributed by atoms with van der Waals surface area (Å²) < 4.78 is 5.58. The Morgan fingerprint density at radius 1 is 1.09 bits per heavy atom. The van der Waals surface area contributed by atoms with Gasteiger partial charge in [-0.15, -0.1) is 12.6 Å². The molecule has 0 aliphatic rings. The molecule has 116 valence electrons. The number of hydrogen-bond acceptors (Lipinski definition) is 3. The molecule has 0 aliphatic carbocycles. The maximum atomic E-state index is 11.9. The molecule has 0 aromatic heterocycles. The van der Waals surface area contributed by atoms with E-state index in [1.807, 2.05) is 42.5 Å². The standard InChI is InChI=1S/C17H20N2O2S/c1-2-3-12-21-14-10-8-13(9-11-14)18-17(20)19-15-6-4-5-7-16(15)22/h4-11,22H,2-3,12H2,1H3,(H2,18,19,20). The van der Waals surface area contributed by atoms with E-state index in [1.165, 1.54) is 0 Å². The Morgan fingerprint density at radius 3 is 2.50 bits per heavy atom. The third-order valence-corrected chi connectivity index (χ3v) is 3.42. The zero-order valence-electron chi connectivity index (χ0n) is 12.5. The van der Waals surface area contributed by atoms with E-state index in [0.717, 1.165) is 23.5 Å². The molecule has 0 saturated carbocycles. The van der Waals surface area contributed by atoms with Gasteiger partial charge in [-0.3, -0.25) is 0 Å². The number of para-hydroxylation sites is 1. The maximum Gasteiger partial charge on any atom is 0.323 e. The number of benzene rings is 2. The van der Waals surface area contributed by atoms with Crippen LogP contribution in [0.15, 0.2) is 53.4 Å². The minimum atomic E-state index is -0.304. The number of carbonyl (C=O) groups is 1. The van der Waals surface area contributed by atoms with E-state index in [9.17, 15) is 4.79 Å². The Labute approximate surface area is 136 Å². The van der Waals surface area contributed by atoms with E-state index in [-0.39, 0.29) is 6.03 Å². The SMILES string of the molecule is CCCCOc1ccc(NC(=O)Nc2ccccc2S)cc1. The molecule has 2 aromatic carbocycles. The first kappa shape index (κ1) is 16.2. The van der Waals surface area contributed by atoms with Gasteiger partial charge in [-0.2, -0.15) is 0 Å². The van der Waals surface area contributed by atoms with Crippen molar-refractivity contribution in [2.75, 3.05) is 17.2 Å². The monoisotopic (exact) mass is 316 g/mol. The van der Waals surface area contributed by atoms with E-state index < -0.39 is 0 Å². The topological polar surface area (TPSA) is 50.4 Å². The molecular formula is C17H20N2O2S. The number of urea groups is 1. The summed E-state index contributed by atoms with van der Waals surface area (Å²) in [5, 5.41) is 5.53. The average Bonchev–Trinajstić information content (AvgIpc) is 2.51. The van der Waals surface area contributed by atoms with Crippen molar-refractivity contribution in [2.24, 2.45) is 0 Å². The van der Waals surface area contributed by atoms with Gasteiger partial charge in [0.25, 0.3) is 0 Å². The molecule has 0 aliphatic heterocycles. The lowest BCUT2D eigenvalue weighted by atomic mass is 10.3. The van der Waals surface area contributed by atoms with E-state index in [1.54, 1.807) is 6.07 Å². The zero-order chi connectivity index (χ0) is 15.8. The molecule has 2 aromatic rings. The van der Waals surface area contributed by atoms with Crippen LogP contribution < -0.4 is 15.4 Å². The summed E-state index contributed by atoms with van der Waals surface area (Å²) in [6.45, 7) is 2.83. The van der Waals surface area contributed by atoms with Crippen LogP contribution in [0.5, 0.6) is 5.75 Å². The molecule has 0 atom stereocenters. The van der Waals surface area contributed by atoms with Crippen LogP contribution in [0.3, 0.4) is 0 Å². The normalized spacial score (nSPS) is 10.1. The van der Waals surface area contributed by atoms with Crippen molar-refractivity contribution < 1.29 is 9.53 Å². The van der Waals surface area contributed by atoms with Crippen LogP contribution in [-0.4, -0.2) is 12.6 Å². The van der Waals surface area contributed by atoms with E-state index >= 15 is 0 Å². The van der Waals surface area contributed by atoms with Crippen molar-refractivity contribution in [1.82, 2.24) is 0 Å². The van der Waals surface area contributed by atoms with E-state index in [2.05, 4.69) is 30.2 Å². The Bertz CT molecular complexity index is 614. The van der Waals surface area contributed by atoms with Crippen LogP contribution in [-0.2, 0) is 0 Å². The summed E-state index contributed by atoms with van der Waals surface area (Å²) in [4.78, 5) is 12.7. The first-order valence-corrected chi connectivity index (χ1v) is 7.72. The van der Waals surface area contributed by atoms with Gasteiger partial charge in [0.2, 0.25) is 0 Å². The predicted octanol–water partition coefficient (Wildman–Crippen LogP) is 4.80. The second kappa shape index (κ2) is 8.34. The van der Waals surface area contributed by atoms with Gasteiger partial charge in [0.1, 0.15) is 5.75 Å². The molecule has 5 heteroatoms. The third-order valence-electron chi connectivity index (χ3n) is 3.03. The van der Waals surface area contributed by atoms with E-state index in [0.29, 0.717) is 18.0 Å². The number of unbranched alkanes of at least 4 members (excludes halogenated alkanes) is 1. The molecule has 0 bridgehead atoms. The van der Waals surface area contributed by atoms with Gasteiger partial charge >= 0.3 is 6.03 Å². The molecule has 0 unspecified atom stereocenters. The summed E-state index contributed by atoms with van der Waals surface area (Å²) in [5.41, 5.74) is 1.37. The zero-order valence-corrected chi connectivity index (χ0v) is 13.4. The first-order valence-electron chi connectivity index (χ1n) is 7.28. The van der Waals surface area contributed by atoms with Crippen molar-refractivity contribution in [3.05, 3.63) is 48.5 Å². The van der Waals surface area contributed by atoms with E-state index in [4.69, 9.17) is 4.74 Å². The number of anilines is 2. The number of thiol groups is 1. The van der Waals surface area contributed by atoms with Gasteiger partial charge in [-0.05, 0) is 42.8 Å². The van der Waals surface area contributed by atoms with Gasteiger partial charge in [-0.1, -0.05) is 25.5 Å². The average molecular weight is 316 g/mol. The van der Waals surface area contributed by atoms with Gasteiger partial charge in [0, 0.05) is 10.6 Å². The molecule has 2 amide bonds. The third kappa shape index (κ3) is 5.00. The van der Waals surface area contributed by atoms with Crippen molar-refractivity contribution in [1.29, 1.82) is 0 Å². The summed E-state index contributed by atoms with van der Waals surface area (Å²) >= 11 is 4.29. The molecule has 0 spiro atoms. The molecule has 0 heterocycles. The van der Waals surface area contributed by atoms with Crippen LogP contribution in [0.2, 0.25) is 0 Å². The largest absolute Gasteiger partial charge is 0.494 e. The second-order valence-electron chi connectivity index (χ2n) is 4.82. The maximum absolute atomic E-state index is 11.9. The Kier molecular flexibility index (Phi) is 6.15. The Balaban J connectivity index is 1.88. The first-order chi connectivity index (χ1) is 10.7. The summed E-state index contributed by atoms with van der Waals surface area (Å²) in [5.74, 6) is 0.806. The fraction of sp³-hybridized carbons (Fsp3) is 0.235. The number of nitrogens with one attached hydrogen (secondary N) is 2. The number of ether oxygens (including phenoxy) is 1. The highest BCUT2D eigenvalue weighted by Crippen LogP contribution is 2.20. The van der Waals surface area contributed by atoms with Crippen molar-refractivity contribution in [3.8, 4) is 5.75 Å². The van der Waals surface area contributed by atoms with Crippen LogP contribution in [0, 0.1) is 0 Å². The smallest absolute Gasteiger partial charge is 0.323 e. The second-order valence-corrected chi connectivity index (χ2v) is 5.30. The number of carbonyl (C=O) groups excluding carboxylic acids is 1. The predicted molar refractivity (Wildman–Crippen MR) is 93.2 cm³/mol. The van der Waals surface area contributed by atoms with Crippen LogP contribution in [0.1, 0.15) is 19.8 Å². The quantitative estimate of drug-likeness (QED) is 0.530. The van der Waals surface area contributed by atoms with Crippen LogP contribution >= 0.6 is 12.6 Å². The van der Waals surface area contributed by atoms with Crippen molar-refractivity contribution in [2.45, 2.75) is 24.7 Å². The lowest BCUT2D eigenvalue weighted by molar-refractivity contribution is 0.262. The summed E-state index contributed by atoms with van der Waals surface area (Å²) in [6.07, 6.45) is 2.14. The molecule has 0 saturated heterocycles. The minimum Gasteiger partial charge on any atom is -0.494 e. The molecule has 4 nitrogen and oxygen atoms in total. The fourth-order valence-electron chi connectivity index (χ4n) is 1.83. The van der Waals surface area contributed by atoms with Gasteiger partial charge in [0.15, 0.2) is 0 Å². The Hall–Kier alpha value is -2.14. The highest BCUT2D eigenvalue weighted by atomic mass is 32.1. The van der Waals surface area contributed by atoms with Crippen molar-refractivity contribution in [3.63, 3.8) is 0 Å². The lowest BCUT2D eigenvalue weighted by Crippen LogP contribution is -2.19. The highest BCUT2D eigenvalue weighted by Gasteiger charge is 2.05. The van der Waals surface area contributed by atoms with Gasteiger partial charge in [0.05, 0.1) is 12.3 Å². The number of rotatable bonds is 6. The molecule has 2 rings (SSSR count).